The van der Waals surface area contributed by atoms with Gasteiger partial charge in [0.1, 0.15) is 0 Å². The van der Waals surface area contributed by atoms with Crippen LogP contribution in [-0.4, -0.2) is 29.3 Å². The molecule has 1 aliphatic rings. The van der Waals surface area contributed by atoms with E-state index in [-0.39, 0.29) is 6.29 Å². The first-order valence-corrected chi connectivity index (χ1v) is 6.48. The van der Waals surface area contributed by atoms with Crippen molar-refractivity contribution in [2.45, 2.75) is 39.0 Å². The molecule has 1 atom stereocenters. The maximum atomic E-state index is 5.64. The van der Waals surface area contributed by atoms with Crippen LogP contribution in [0.25, 0.3) is 0 Å². The van der Waals surface area contributed by atoms with Crippen LogP contribution in [0, 0.1) is 6.92 Å². The Morgan fingerprint density at radius 2 is 2.50 bits per heavy atom. The lowest BCUT2D eigenvalue weighted by molar-refractivity contribution is -0.163. The summed E-state index contributed by atoms with van der Waals surface area (Å²) in [5.41, 5.74) is 1.01. The van der Waals surface area contributed by atoms with Crippen molar-refractivity contribution in [1.82, 2.24) is 9.78 Å². The Hall–Kier alpha value is -0.390. The highest BCUT2D eigenvalue weighted by Crippen LogP contribution is 2.15. The van der Waals surface area contributed by atoms with Crippen LogP contribution in [0.3, 0.4) is 0 Å². The van der Waals surface area contributed by atoms with Crippen molar-refractivity contribution < 1.29 is 9.47 Å². The molecule has 0 spiro atoms. The monoisotopic (exact) mass is 288 g/mol. The van der Waals surface area contributed by atoms with Crippen LogP contribution in [0.4, 0.5) is 0 Å². The molecular weight excluding hydrogens is 272 g/mol. The first kappa shape index (κ1) is 12.1. The van der Waals surface area contributed by atoms with Gasteiger partial charge in [0.2, 0.25) is 0 Å². The maximum absolute atomic E-state index is 5.64. The summed E-state index contributed by atoms with van der Waals surface area (Å²) in [5.74, 6) is 0. The van der Waals surface area contributed by atoms with Gasteiger partial charge in [0.05, 0.1) is 23.3 Å². The Morgan fingerprint density at radius 3 is 3.12 bits per heavy atom. The number of nitrogens with zero attached hydrogens (tertiary/aromatic N) is 2. The SMILES string of the molecule is Cc1nn(CCOC2CCCCO2)cc1Br. The average Bonchev–Trinajstić information content (AvgIpc) is 2.60. The molecule has 1 unspecified atom stereocenters. The maximum Gasteiger partial charge on any atom is 0.157 e. The molecule has 0 N–H and O–H groups in total. The fraction of sp³-hybridized carbons (Fsp3) is 0.727. The van der Waals surface area contributed by atoms with Crippen LogP contribution in [-0.2, 0) is 16.0 Å². The molecule has 2 heterocycles. The van der Waals surface area contributed by atoms with Crippen LogP contribution in [0.5, 0.6) is 0 Å². The third-order valence-electron chi connectivity index (χ3n) is 2.65. The van der Waals surface area contributed by atoms with Crippen molar-refractivity contribution in [3.8, 4) is 0 Å². The zero-order valence-corrected chi connectivity index (χ0v) is 11.1. The van der Waals surface area contributed by atoms with Crippen LogP contribution in [0.1, 0.15) is 25.0 Å². The lowest BCUT2D eigenvalue weighted by Crippen LogP contribution is -2.24. The minimum Gasteiger partial charge on any atom is -0.353 e. The number of hydrogen-bond donors (Lipinski definition) is 0. The molecule has 0 radical (unpaired) electrons. The molecule has 1 aliphatic heterocycles. The predicted molar refractivity (Wildman–Crippen MR) is 64.2 cm³/mol. The summed E-state index contributed by atoms with van der Waals surface area (Å²) in [6.45, 7) is 4.23. The summed E-state index contributed by atoms with van der Waals surface area (Å²) in [7, 11) is 0. The van der Waals surface area contributed by atoms with Gasteiger partial charge in [0.15, 0.2) is 6.29 Å². The molecule has 1 saturated heterocycles. The summed E-state index contributed by atoms with van der Waals surface area (Å²) >= 11 is 3.44. The normalized spacial score (nSPS) is 21.2. The second kappa shape index (κ2) is 5.80. The third-order valence-corrected chi connectivity index (χ3v) is 3.43. The molecule has 5 heteroatoms. The molecule has 0 amide bonds. The molecule has 0 aromatic carbocycles. The molecule has 0 saturated carbocycles. The molecule has 0 aliphatic carbocycles. The van der Waals surface area contributed by atoms with E-state index in [1.807, 2.05) is 17.8 Å². The molecule has 1 fully saturated rings. The predicted octanol–water partition coefficient (Wildman–Crippen LogP) is 2.50. The van der Waals surface area contributed by atoms with Gasteiger partial charge in [-0.05, 0) is 42.1 Å². The number of hydrogen-bond acceptors (Lipinski definition) is 3. The summed E-state index contributed by atoms with van der Waals surface area (Å²) < 4.78 is 14.1. The van der Waals surface area contributed by atoms with Gasteiger partial charge in [-0.1, -0.05) is 0 Å². The van der Waals surface area contributed by atoms with E-state index in [1.54, 1.807) is 0 Å². The van der Waals surface area contributed by atoms with Crippen molar-refractivity contribution in [3.05, 3.63) is 16.4 Å². The van der Waals surface area contributed by atoms with E-state index in [9.17, 15) is 0 Å². The lowest BCUT2D eigenvalue weighted by atomic mass is 10.2. The van der Waals surface area contributed by atoms with Crippen molar-refractivity contribution in [1.29, 1.82) is 0 Å². The van der Waals surface area contributed by atoms with E-state index in [0.717, 1.165) is 36.2 Å². The first-order valence-electron chi connectivity index (χ1n) is 5.68. The molecular formula is C11H17BrN2O2. The number of aromatic nitrogens is 2. The molecule has 0 bridgehead atoms. The largest absolute Gasteiger partial charge is 0.353 e. The Balaban J connectivity index is 1.71. The molecule has 1 aromatic heterocycles. The molecule has 4 nitrogen and oxygen atoms in total. The number of ether oxygens (including phenoxy) is 2. The molecule has 2 rings (SSSR count). The second-order valence-corrected chi connectivity index (χ2v) is 4.85. The quantitative estimate of drug-likeness (QED) is 0.854. The summed E-state index contributed by atoms with van der Waals surface area (Å²) in [6, 6.07) is 0. The standard InChI is InChI=1S/C11H17BrN2O2/c1-9-10(12)8-14(13-9)5-7-16-11-4-2-3-6-15-11/h8,11H,2-7H2,1H3. The molecule has 16 heavy (non-hydrogen) atoms. The van der Waals surface area contributed by atoms with Crippen LogP contribution in [0.2, 0.25) is 0 Å². The first-order chi connectivity index (χ1) is 7.75. The number of rotatable bonds is 4. The van der Waals surface area contributed by atoms with Crippen molar-refractivity contribution >= 4 is 15.9 Å². The molecule has 90 valence electrons. The molecule has 1 aromatic rings. The van der Waals surface area contributed by atoms with E-state index in [1.165, 1.54) is 6.42 Å². The minimum absolute atomic E-state index is 0.00569. The van der Waals surface area contributed by atoms with Gasteiger partial charge in [-0.3, -0.25) is 4.68 Å². The summed E-state index contributed by atoms with van der Waals surface area (Å²) in [4.78, 5) is 0. The third kappa shape index (κ3) is 3.30. The Morgan fingerprint density at radius 1 is 1.62 bits per heavy atom. The topological polar surface area (TPSA) is 36.3 Å². The Bertz CT molecular complexity index is 315. The number of halogens is 1. The van der Waals surface area contributed by atoms with Crippen molar-refractivity contribution in [2.75, 3.05) is 13.2 Å². The van der Waals surface area contributed by atoms with Gasteiger partial charge in [0.25, 0.3) is 0 Å². The Labute approximate surface area is 104 Å². The average molecular weight is 289 g/mol. The second-order valence-electron chi connectivity index (χ2n) is 3.99. The summed E-state index contributed by atoms with van der Waals surface area (Å²) in [6.07, 6.45) is 5.35. The van der Waals surface area contributed by atoms with E-state index in [4.69, 9.17) is 9.47 Å². The highest BCUT2D eigenvalue weighted by molar-refractivity contribution is 9.10. The summed E-state index contributed by atoms with van der Waals surface area (Å²) in [5, 5.41) is 4.34. The highest BCUT2D eigenvalue weighted by atomic mass is 79.9. The van der Waals surface area contributed by atoms with Gasteiger partial charge >= 0.3 is 0 Å². The van der Waals surface area contributed by atoms with Crippen molar-refractivity contribution in [2.24, 2.45) is 0 Å². The van der Waals surface area contributed by atoms with Crippen molar-refractivity contribution in [3.63, 3.8) is 0 Å². The van der Waals surface area contributed by atoms with Crippen LogP contribution >= 0.6 is 15.9 Å². The van der Waals surface area contributed by atoms with E-state index in [2.05, 4.69) is 21.0 Å². The van der Waals surface area contributed by atoms with E-state index < -0.39 is 0 Å². The zero-order valence-electron chi connectivity index (χ0n) is 9.49. The van der Waals surface area contributed by atoms with Gasteiger partial charge in [0, 0.05) is 12.8 Å². The van der Waals surface area contributed by atoms with E-state index >= 15 is 0 Å². The smallest absolute Gasteiger partial charge is 0.157 e. The number of aryl methyl sites for hydroxylation is 1. The highest BCUT2D eigenvalue weighted by Gasteiger charge is 2.13. The van der Waals surface area contributed by atoms with E-state index in [0.29, 0.717) is 6.61 Å². The fourth-order valence-electron chi connectivity index (χ4n) is 1.73. The fourth-order valence-corrected chi connectivity index (χ4v) is 2.04. The Kier molecular flexibility index (Phi) is 4.37. The van der Waals surface area contributed by atoms with Gasteiger partial charge in [-0.2, -0.15) is 5.10 Å². The van der Waals surface area contributed by atoms with Crippen LogP contribution in [0.15, 0.2) is 10.7 Å². The minimum atomic E-state index is -0.00569. The van der Waals surface area contributed by atoms with Gasteiger partial charge in [-0.15, -0.1) is 0 Å². The van der Waals surface area contributed by atoms with Gasteiger partial charge < -0.3 is 9.47 Å². The zero-order chi connectivity index (χ0) is 11.4. The lowest BCUT2D eigenvalue weighted by Gasteiger charge is -2.22. The van der Waals surface area contributed by atoms with Crippen LogP contribution < -0.4 is 0 Å². The van der Waals surface area contributed by atoms with Gasteiger partial charge in [-0.25, -0.2) is 0 Å².